The van der Waals surface area contributed by atoms with Gasteiger partial charge in [0.1, 0.15) is 0 Å². The van der Waals surface area contributed by atoms with Crippen LogP contribution in [0.1, 0.15) is 45.4 Å². The first-order chi connectivity index (χ1) is 6.34. The highest BCUT2D eigenvalue weighted by Crippen LogP contribution is 2.24. The van der Waals surface area contributed by atoms with Crippen LogP contribution < -0.4 is 5.32 Å². The van der Waals surface area contributed by atoms with Crippen molar-refractivity contribution in [3.8, 4) is 0 Å². The lowest BCUT2D eigenvalue weighted by atomic mass is 9.87. The zero-order chi connectivity index (χ0) is 9.10. The lowest BCUT2D eigenvalue weighted by molar-refractivity contribution is 0.290. The first-order valence-electron chi connectivity index (χ1n) is 5.77. The molecule has 0 aromatic heterocycles. The molecule has 0 aromatic carbocycles. The summed E-state index contributed by atoms with van der Waals surface area (Å²) in [6, 6.07) is 1.49. The van der Waals surface area contributed by atoms with Crippen molar-refractivity contribution in [3.05, 3.63) is 12.2 Å². The molecule has 0 spiro atoms. The van der Waals surface area contributed by atoms with E-state index in [1.165, 1.54) is 38.5 Å². The molecule has 0 heterocycles. The third-order valence-corrected chi connectivity index (χ3v) is 3.40. The number of nitrogens with one attached hydrogen (secondary N) is 1. The summed E-state index contributed by atoms with van der Waals surface area (Å²) in [5, 5.41) is 3.76. The normalized spacial score (nSPS) is 39.6. The van der Waals surface area contributed by atoms with Crippen molar-refractivity contribution in [2.24, 2.45) is 5.92 Å². The van der Waals surface area contributed by atoms with Gasteiger partial charge in [0.05, 0.1) is 0 Å². The standard InChI is InChI=1S/C12H21N/c1-10-5-4-8-12(9-10)13-11-6-2-3-7-11/h2,6,10-13H,3-5,7-9H2,1H3. The summed E-state index contributed by atoms with van der Waals surface area (Å²) in [6.07, 6.45) is 12.9. The SMILES string of the molecule is CC1CCCC(NC2C=CCC2)C1. The van der Waals surface area contributed by atoms with Crippen LogP contribution in [0.3, 0.4) is 0 Å². The van der Waals surface area contributed by atoms with Crippen LogP contribution in [0.2, 0.25) is 0 Å². The second kappa shape index (κ2) is 4.28. The van der Waals surface area contributed by atoms with Gasteiger partial charge >= 0.3 is 0 Å². The van der Waals surface area contributed by atoms with Crippen molar-refractivity contribution in [2.45, 2.75) is 57.5 Å². The number of rotatable bonds is 2. The van der Waals surface area contributed by atoms with E-state index in [0.717, 1.165) is 12.0 Å². The molecule has 2 aliphatic carbocycles. The minimum absolute atomic E-state index is 0.690. The Morgan fingerprint density at radius 3 is 2.85 bits per heavy atom. The molecule has 3 unspecified atom stereocenters. The van der Waals surface area contributed by atoms with E-state index in [-0.39, 0.29) is 0 Å². The van der Waals surface area contributed by atoms with E-state index in [1.807, 2.05) is 0 Å². The summed E-state index contributed by atoms with van der Waals surface area (Å²) in [7, 11) is 0. The van der Waals surface area contributed by atoms with Crippen molar-refractivity contribution in [3.63, 3.8) is 0 Å². The fourth-order valence-corrected chi connectivity index (χ4v) is 2.66. The van der Waals surface area contributed by atoms with E-state index in [0.29, 0.717) is 6.04 Å². The predicted molar refractivity (Wildman–Crippen MR) is 56.7 cm³/mol. The molecule has 0 aromatic rings. The molecule has 2 rings (SSSR count). The first kappa shape index (κ1) is 9.26. The Bertz CT molecular complexity index is 186. The zero-order valence-corrected chi connectivity index (χ0v) is 8.63. The van der Waals surface area contributed by atoms with Crippen LogP contribution in [-0.2, 0) is 0 Å². The molecule has 0 radical (unpaired) electrons. The van der Waals surface area contributed by atoms with Crippen molar-refractivity contribution in [2.75, 3.05) is 0 Å². The average Bonchev–Trinajstić information content (AvgIpc) is 2.57. The van der Waals surface area contributed by atoms with Gasteiger partial charge in [-0.3, -0.25) is 0 Å². The van der Waals surface area contributed by atoms with Gasteiger partial charge in [-0.1, -0.05) is 31.9 Å². The minimum atomic E-state index is 0.690. The Hall–Kier alpha value is -0.300. The van der Waals surface area contributed by atoms with Gasteiger partial charge in [0, 0.05) is 12.1 Å². The molecule has 3 atom stereocenters. The molecule has 2 aliphatic rings. The van der Waals surface area contributed by atoms with E-state index in [1.54, 1.807) is 0 Å². The number of hydrogen-bond acceptors (Lipinski definition) is 1. The van der Waals surface area contributed by atoms with E-state index < -0.39 is 0 Å². The summed E-state index contributed by atoms with van der Waals surface area (Å²) in [4.78, 5) is 0. The zero-order valence-electron chi connectivity index (χ0n) is 8.63. The van der Waals surface area contributed by atoms with Gasteiger partial charge in [-0.25, -0.2) is 0 Å². The highest BCUT2D eigenvalue weighted by Gasteiger charge is 2.21. The fourth-order valence-electron chi connectivity index (χ4n) is 2.66. The Morgan fingerprint density at radius 1 is 1.23 bits per heavy atom. The highest BCUT2D eigenvalue weighted by atomic mass is 14.9. The summed E-state index contributed by atoms with van der Waals surface area (Å²) in [5.74, 6) is 0.941. The van der Waals surface area contributed by atoms with Crippen molar-refractivity contribution >= 4 is 0 Å². The summed E-state index contributed by atoms with van der Waals surface area (Å²) in [5.41, 5.74) is 0. The molecule has 1 N–H and O–H groups in total. The van der Waals surface area contributed by atoms with Crippen molar-refractivity contribution in [1.82, 2.24) is 5.32 Å². The predicted octanol–water partition coefficient (Wildman–Crippen LogP) is 2.87. The van der Waals surface area contributed by atoms with Crippen LogP contribution in [-0.4, -0.2) is 12.1 Å². The quantitative estimate of drug-likeness (QED) is 0.643. The molecular weight excluding hydrogens is 158 g/mol. The van der Waals surface area contributed by atoms with Gasteiger partial charge in [0.2, 0.25) is 0 Å². The third-order valence-electron chi connectivity index (χ3n) is 3.40. The first-order valence-corrected chi connectivity index (χ1v) is 5.77. The van der Waals surface area contributed by atoms with Gasteiger partial charge in [-0.05, 0) is 31.6 Å². The molecular formula is C12H21N. The van der Waals surface area contributed by atoms with Gasteiger partial charge in [0.15, 0.2) is 0 Å². The van der Waals surface area contributed by atoms with Crippen LogP contribution in [0.15, 0.2) is 12.2 Å². The molecule has 0 bridgehead atoms. The molecule has 1 fully saturated rings. The van der Waals surface area contributed by atoms with Crippen molar-refractivity contribution in [1.29, 1.82) is 0 Å². The molecule has 0 amide bonds. The monoisotopic (exact) mass is 179 g/mol. The maximum atomic E-state index is 3.76. The molecule has 1 heteroatoms. The fraction of sp³-hybridized carbons (Fsp3) is 0.833. The van der Waals surface area contributed by atoms with E-state index >= 15 is 0 Å². The Balaban J connectivity index is 1.76. The van der Waals surface area contributed by atoms with E-state index in [2.05, 4.69) is 24.4 Å². The second-order valence-corrected chi connectivity index (χ2v) is 4.75. The number of allylic oxidation sites excluding steroid dienone is 1. The lowest BCUT2D eigenvalue weighted by Crippen LogP contribution is -2.39. The summed E-state index contributed by atoms with van der Waals surface area (Å²) < 4.78 is 0. The second-order valence-electron chi connectivity index (χ2n) is 4.75. The summed E-state index contributed by atoms with van der Waals surface area (Å²) >= 11 is 0. The smallest absolute Gasteiger partial charge is 0.0255 e. The minimum Gasteiger partial charge on any atom is -0.308 e. The maximum Gasteiger partial charge on any atom is 0.0255 e. The van der Waals surface area contributed by atoms with Crippen LogP contribution in [0.25, 0.3) is 0 Å². The Morgan fingerprint density at radius 2 is 2.15 bits per heavy atom. The van der Waals surface area contributed by atoms with Crippen LogP contribution in [0.4, 0.5) is 0 Å². The molecule has 0 saturated heterocycles. The maximum absolute atomic E-state index is 3.76. The third kappa shape index (κ3) is 2.57. The van der Waals surface area contributed by atoms with Crippen LogP contribution in [0.5, 0.6) is 0 Å². The van der Waals surface area contributed by atoms with E-state index in [4.69, 9.17) is 0 Å². The van der Waals surface area contributed by atoms with E-state index in [9.17, 15) is 0 Å². The van der Waals surface area contributed by atoms with Gasteiger partial charge in [-0.2, -0.15) is 0 Å². The summed E-state index contributed by atoms with van der Waals surface area (Å²) in [6.45, 7) is 2.39. The molecule has 0 aliphatic heterocycles. The highest BCUT2D eigenvalue weighted by molar-refractivity contribution is 5.01. The van der Waals surface area contributed by atoms with Gasteiger partial charge in [0.25, 0.3) is 0 Å². The molecule has 74 valence electrons. The topological polar surface area (TPSA) is 12.0 Å². The van der Waals surface area contributed by atoms with Crippen LogP contribution in [0, 0.1) is 5.92 Å². The van der Waals surface area contributed by atoms with Gasteiger partial charge in [-0.15, -0.1) is 0 Å². The molecule has 13 heavy (non-hydrogen) atoms. The van der Waals surface area contributed by atoms with Gasteiger partial charge < -0.3 is 5.32 Å². The Labute approximate surface area is 81.6 Å². The van der Waals surface area contributed by atoms with Crippen LogP contribution >= 0.6 is 0 Å². The molecule has 1 saturated carbocycles. The Kier molecular flexibility index (Phi) is 3.05. The van der Waals surface area contributed by atoms with Crippen molar-refractivity contribution < 1.29 is 0 Å². The lowest BCUT2D eigenvalue weighted by Gasteiger charge is -2.29. The number of hydrogen-bond donors (Lipinski definition) is 1. The molecule has 1 nitrogen and oxygen atoms in total. The average molecular weight is 179 g/mol. The largest absolute Gasteiger partial charge is 0.308 e.